The fourth-order valence-corrected chi connectivity index (χ4v) is 2.70. The highest BCUT2D eigenvalue weighted by atomic mass is 32.2. The van der Waals surface area contributed by atoms with Crippen LogP contribution >= 0.6 is 11.8 Å². The average Bonchev–Trinajstić information content (AvgIpc) is 3.10. The number of carbonyl (C=O) groups excluding carboxylic acids is 1. The second-order valence-corrected chi connectivity index (χ2v) is 6.39. The first-order valence-corrected chi connectivity index (χ1v) is 8.66. The van der Waals surface area contributed by atoms with Crippen molar-refractivity contribution in [1.29, 1.82) is 0 Å². The molecule has 8 heteroatoms. The van der Waals surface area contributed by atoms with Crippen molar-refractivity contribution >= 4 is 29.3 Å². The zero-order valence-corrected chi connectivity index (χ0v) is 14.6. The van der Waals surface area contributed by atoms with Crippen LogP contribution in [-0.4, -0.2) is 32.9 Å². The molecule has 1 heterocycles. The lowest BCUT2D eigenvalue weighted by Crippen LogP contribution is -2.14. The minimum absolute atomic E-state index is 0.0623. The largest absolute Gasteiger partial charge is 0.478 e. The molecule has 0 radical (unpaired) electrons. The lowest BCUT2D eigenvalue weighted by atomic mass is 10.1. The first kappa shape index (κ1) is 17.7. The van der Waals surface area contributed by atoms with Crippen LogP contribution in [-0.2, 0) is 4.79 Å². The van der Waals surface area contributed by atoms with Crippen LogP contribution < -0.4 is 5.32 Å². The molecule has 0 saturated carbocycles. The SMILES string of the molecule is Cc1ccc(-c2nnc(SCC(=O)Nc3cccc(C(=O)O)c3)o2)cc1. The first-order chi connectivity index (χ1) is 12.5. The molecule has 3 rings (SSSR count). The summed E-state index contributed by atoms with van der Waals surface area (Å²) in [6, 6.07) is 13.7. The number of nitrogens with one attached hydrogen (secondary N) is 1. The summed E-state index contributed by atoms with van der Waals surface area (Å²) in [6.45, 7) is 1.99. The van der Waals surface area contributed by atoms with E-state index in [2.05, 4.69) is 15.5 Å². The van der Waals surface area contributed by atoms with Crippen LogP contribution in [0.25, 0.3) is 11.5 Å². The van der Waals surface area contributed by atoms with E-state index in [0.29, 0.717) is 11.6 Å². The highest BCUT2D eigenvalue weighted by Crippen LogP contribution is 2.23. The van der Waals surface area contributed by atoms with E-state index >= 15 is 0 Å². The Morgan fingerprint density at radius 1 is 1.15 bits per heavy atom. The number of anilines is 1. The maximum Gasteiger partial charge on any atom is 0.335 e. The molecule has 0 atom stereocenters. The van der Waals surface area contributed by atoms with E-state index in [4.69, 9.17) is 9.52 Å². The monoisotopic (exact) mass is 369 g/mol. The Kier molecular flexibility index (Phi) is 5.33. The standard InChI is InChI=1S/C18H15N3O4S/c1-11-5-7-12(8-6-11)16-20-21-18(25-16)26-10-15(22)19-14-4-2-3-13(9-14)17(23)24/h2-9H,10H2,1H3,(H,19,22)(H,23,24). The molecule has 0 bridgehead atoms. The van der Waals surface area contributed by atoms with E-state index in [-0.39, 0.29) is 22.4 Å². The second-order valence-electron chi connectivity index (χ2n) is 5.46. The van der Waals surface area contributed by atoms with Crippen LogP contribution in [0.2, 0.25) is 0 Å². The van der Waals surface area contributed by atoms with Crippen molar-refractivity contribution in [1.82, 2.24) is 10.2 Å². The summed E-state index contributed by atoms with van der Waals surface area (Å²) in [5, 5.41) is 19.8. The number of hydrogen-bond acceptors (Lipinski definition) is 6. The number of nitrogens with zero attached hydrogens (tertiary/aromatic N) is 2. The van der Waals surface area contributed by atoms with Crippen molar-refractivity contribution in [2.24, 2.45) is 0 Å². The molecule has 0 aliphatic carbocycles. The van der Waals surface area contributed by atoms with Gasteiger partial charge >= 0.3 is 5.97 Å². The number of aromatic nitrogens is 2. The molecule has 1 amide bonds. The van der Waals surface area contributed by atoms with Crippen LogP contribution in [0.3, 0.4) is 0 Å². The number of aromatic carboxylic acids is 1. The zero-order chi connectivity index (χ0) is 18.5. The maximum absolute atomic E-state index is 12.0. The average molecular weight is 369 g/mol. The molecule has 1 aromatic heterocycles. The topological polar surface area (TPSA) is 105 Å². The van der Waals surface area contributed by atoms with E-state index in [1.165, 1.54) is 12.1 Å². The van der Waals surface area contributed by atoms with Crippen molar-refractivity contribution in [3.05, 3.63) is 59.7 Å². The zero-order valence-electron chi connectivity index (χ0n) is 13.8. The Morgan fingerprint density at radius 2 is 1.92 bits per heavy atom. The summed E-state index contributed by atoms with van der Waals surface area (Å²) in [6.07, 6.45) is 0. The number of carbonyl (C=O) groups is 2. The van der Waals surface area contributed by atoms with Crippen LogP contribution in [0.1, 0.15) is 15.9 Å². The van der Waals surface area contributed by atoms with Gasteiger partial charge in [-0.05, 0) is 37.3 Å². The molecular formula is C18H15N3O4S. The van der Waals surface area contributed by atoms with Gasteiger partial charge in [-0.2, -0.15) is 0 Å². The van der Waals surface area contributed by atoms with Gasteiger partial charge in [0.2, 0.25) is 11.8 Å². The molecule has 0 unspecified atom stereocenters. The Balaban J connectivity index is 1.57. The van der Waals surface area contributed by atoms with E-state index in [0.717, 1.165) is 22.9 Å². The van der Waals surface area contributed by atoms with E-state index < -0.39 is 5.97 Å². The molecular weight excluding hydrogens is 354 g/mol. The molecule has 26 heavy (non-hydrogen) atoms. The van der Waals surface area contributed by atoms with E-state index in [1.54, 1.807) is 12.1 Å². The van der Waals surface area contributed by atoms with Crippen LogP contribution in [0.4, 0.5) is 5.69 Å². The summed E-state index contributed by atoms with van der Waals surface area (Å²) in [5.41, 5.74) is 2.47. The van der Waals surface area contributed by atoms with Crippen LogP contribution in [0, 0.1) is 6.92 Å². The molecule has 0 spiro atoms. The molecule has 3 aromatic rings. The summed E-state index contributed by atoms with van der Waals surface area (Å²) in [4.78, 5) is 23.0. The Labute approximate surface area is 153 Å². The summed E-state index contributed by atoms with van der Waals surface area (Å²) in [7, 11) is 0. The third kappa shape index (κ3) is 4.48. The molecule has 132 valence electrons. The van der Waals surface area contributed by atoms with E-state index in [1.807, 2.05) is 31.2 Å². The smallest absolute Gasteiger partial charge is 0.335 e. The predicted molar refractivity (Wildman–Crippen MR) is 97.2 cm³/mol. The number of aryl methyl sites for hydroxylation is 1. The molecule has 0 saturated heterocycles. The van der Waals surface area contributed by atoms with Crippen molar-refractivity contribution in [3.63, 3.8) is 0 Å². The number of rotatable bonds is 6. The molecule has 2 N–H and O–H groups in total. The molecule has 0 aliphatic heterocycles. The third-order valence-electron chi connectivity index (χ3n) is 3.42. The second kappa shape index (κ2) is 7.83. The van der Waals surface area contributed by atoms with Gasteiger partial charge in [0.25, 0.3) is 5.22 Å². The summed E-state index contributed by atoms with van der Waals surface area (Å²) < 4.78 is 5.54. The van der Waals surface area contributed by atoms with Crippen molar-refractivity contribution in [2.75, 3.05) is 11.1 Å². The van der Waals surface area contributed by atoms with Crippen LogP contribution in [0.15, 0.2) is 58.2 Å². The van der Waals surface area contributed by atoms with Gasteiger partial charge in [0.1, 0.15) is 0 Å². The van der Waals surface area contributed by atoms with Gasteiger partial charge in [0, 0.05) is 11.3 Å². The van der Waals surface area contributed by atoms with Crippen molar-refractivity contribution in [2.45, 2.75) is 12.1 Å². The van der Waals surface area contributed by atoms with Gasteiger partial charge in [0.15, 0.2) is 0 Å². The Hall–Kier alpha value is -3.13. The lowest BCUT2D eigenvalue weighted by Gasteiger charge is -2.04. The van der Waals surface area contributed by atoms with Crippen LogP contribution in [0.5, 0.6) is 0 Å². The lowest BCUT2D eigenvalue weighted by molar-refractivity contribution is -0.113. The molecule has 2 aromatic carbocycles. The number of thioether (sulfide) groups is 1. The van der Waals surface area contributed by atoms with E-state index in [9.17, 15) is 9.59 Å². The Morgan fingerprint density at radius 3 is 2.65 bits per heavy atom. The predicted octanol–water partition coefficient (Wildman–Crippen LogP) is 3.47. The van der Waals surface area contributed by atoms with Gasteiger partial charge in [-0.15, -0.1) is 10.2 Å². The Bertz CT molecular complexity index is 938. The fourth-order valence-electron chi connectivity index (χ4n) is 2.14. The minimum Gasteiger partial charge on any atom is -0.478 e. The number of carboxylic acids is 1. The minimum atomic E-state index is -1.05. The normalized spacial score (nSPS) is 10.5. The summed E-state index contributed by atoms with van der Waals surface area (Å²) >= 11 is 1.11. The third-order valence-corrected chi connectivity index (χ3v) is 4.24. The van der Waals surface area contributed by atoms with Gasteiger partial charge < -0.3 is 14.8 Å². The number of benzene rings is 2. The number of amides is 1. The molecule has 7 nitrogen and oxygen atoms in total. The van der Waals surface area contributed by atoms with Crippen molar-refractivity contribution < 1.29 is 19.1 Å². The quantitative estimate of drug-likeness (QED) is 0.641. The highest BCUT2D eigenvalue weighted by Gasteiger charge is 2.12. The van der Waals surface area contributed by atoms with Gasteiger partial charge in [-0.25, -0.2) is 4.79 Å². The summed E-state index contributed by atoms with van der Waals surface area (Å²) in [5.74, 6) is -0.896. The number of hydrogen-bond donors (Lipinski definition) is 2. The molecule has 0 fully saturated rings. The van der Waals surface area contributed by atoms with Gasteiger partial charge in [-0.3, -0.25) is 4.79 Å². The maximum atomic E-state index is 12.0. The first-order valence-electron chi connectivity index (χ1n) is 7.68. The highest BCUT2D eigenvalue weighted by molar-refractivity contribution is 7.99. The van der Waals surface area contributed by atoms with Crippen molar-refractivity contribution in [3.8, 4) is 11.5 Å². The van der Waals surface area contributed by atoms with Gasteiger partial charge in [-0.1, -0.05) is 35.5 Å². The number of carboxylic acid groups (broad SMARTS) is 1. The molecule has 0 aliphatic rings. The van der Waals surface area contributed by atoms with Gasteiger partial charge in [0.05, 0.1) is 11.3 Å². The fraction of sp³-hybridized carbons (Fsp3) is 0.111.